The number of imide groups is 1. The van der Waals surface area contributed by atoms with E-state index >= 15 is 0 Å². The van der Waals surface area contributed by atoms with Gasteiger partial charge in [0.25, 0.3) is 5.91 Å². The highest BCUT2D eigenvalue weighted by Crippen LogP contribution is 1.86. The molecule has 0 heterocycles. The molecule has 0 aliphatic carbocycles. The Morgan fingerprint density at radius 3 is 2.25 bits per heavy atom. The standard InChI is InChI=1S/C11H19N3O6/c1-7(2)3-12-8(15)4-13-11(19)14-9(16)5-20-6-10(17)18/h7H,3-6H2,1-2H3,(H,12,15)(H,17,18)(H2,13,14,16,19). The topological polar surface area (TPSA) is 134 Å². The number of rotatable bonds is 8. The van der Waals surface area contributed by atoms with E-state index in [1.165, 1.54) is 0 Å². The van der Waals surface area contributed by atoms with E-state index in [0.29, 0.717) is 12.5 Å². The van der Waals surface area contributed by atoms with E-state index < -0.39 is 31.1 Å². The summed E-state index contributed by atoms with van der Waals surface area (Å²) in [5, 5.41) is 14.9. The molecule has 0 radical (unpaired) electrons. The van der Waals surface area contributed by atoms with Crippen molar-refractivity contribution < 1.29 is 29.0 Å². The number of urea groups is 1. The van der Waals surface area contributed by atoms with Crippen molar-refractivity contribution >= 4 is 23.8 Å². The molecule has 0 spiro atoms. The third-order valence-electron chi connectivity index (χ3n) is 1.83. The summed E-state index contributed by atoms with van der Waals surface area (Å²) in [4.78, 5) is 43.7. The van der Waals surface area contributed by atoms with Crippen LogP contribution in [0.5, 0.6) is 0 Å². The van der Waals surface area contributed by atoms with Crippen LogP contribution in [-0.2, 0) is 19.1 Å². The minimum absolute atomic E-state index is 0.262. The molecule has 114 valence electrons. The van der Waals surface area contributed by atoms with Crippen LogP contribution in [0.25, 0.3) is 0 Å². The Bertz CT molecular complexity index is 369. The molecule has 0 atom stereocenters. The van der Waals surface area contributed by atoms with Gasteiger partial charge in [-0.05, 0) is 5.92 Å². The van der Waals surface area contributed by atoms with Crippen molar-refractivity contribution in [3.05, 3.63) is 0 Å². The minimum atomic E-state index is -1.22. The van der Waals surface area contributed by atoms with E-state index in [1.54, 1.807) is 0 Å². The fraction of sp³-hybridized carbons (Fsp3) is 0.636. The molecule has 0 aliphatic heterocycles. The lowest BCUT2D eigenvalue weighted by atomic mass is 10.2. The monoisotopic (exact) mass is 289 g/mol. The zero-order valence-corrected chi connectivity index (χ0v) is 11.4. The lowest BCUT2D eigenvalue weighted by molar-refractivity contribution is -0.143. The fourth-order valence-corrected chi connectivity index (χ4v) is 0.979. The smallest absolute Gasteiger partial charge is 0.329 e. The van der Waals surface area contributed by atoms with Crippen molar-refractivity contribution in [2.45, 2.75) is 13.8 Å². The summed E-state index contributed by atoms with van der Waals surface area (Å²) in [7, 11) is 0. The second kappa shape index (κ2) is 9.73. The minimum Gasteiger partial charge on any atom is -0.480 e. The molecule has 9 nitrogen and oxygen atoms in total. The van der Waals surface area contributed by atoms with Crippen molar-refractivity contribution in [2.24, 2.45) is 5.92 Å². The van der Waals surface area contributed by atoms with Crippen LogP contribution in [0.15, 0.2) is 0 Å². The van der Waals surface area contributed by atoms with Crippen LogP contribution in [-0.4, -0.2) is 55.2 Å². The highest BCUT2D eigenvalue weighted by atomic mass is 16.5. The summed E-state index contributed by atoms with van der Waals surface area (Å²) in [6.45, 7) is 2.89. The molecule has 0 rings (SSSR count). The second-order valence-corrected chi connectivity index (χ2v) is 4.32. The zero-order valence-electron chi connectivity index (χ0n) is 11.4. The molecule has 9 heteroatoms. The number of ether oxygens (including phenoxy) is 1. The van der Waals surface area contributed by atoms with Crippen LogP contribution in [0.3, 0.4) is 0 Å². The van der Waals surface area contributed by atoms with Gasteiger partial charge < -0.3 is 20.5 Å². The fourth-order valence-electron chi connectivity index (χ4n) is 0.979. The predicted octanol–water partition coefficient (Wildman–Crippen LogP) is -1.31. The molecule has 0 aromatic rings. The third kappa shape index (κ3) is 11.0. The van der Waals surface area contributed by atoms with E-state index in [-0.39, 0.29) is 12.5 Å². The summed E-state index contributed by atoms with van der Waals surface area (Å²) >= 11 is 0. The number of carboxylic acids is 1. The normalized spacial score (nSPS) is 9.95. The molecule has 4 N–H and O–H groups in total. The maximum Gasteiger partial charge on any atom is 0.329 e. The van der Waals surface area contributed by atoms with Gasteiger partial charge in [0.2, 0.25) is 5.91 Å². The van der Waals surface area contributed by atoms with Gasteiger partial charge in [-0.25, -0.2) is 9.59 Å². The van der Waals surface area contributed by atoms with Gasteiger partial charge in [0.15, 0.2) is 0 Å². The maximum atomic E-state index is 11.3. The number of amides is 4. The second-order valence-electron chi connectivity index (χ2n) is 4.32. The number of carboxylic acid groups (broad SMARTS) is 1. The molecule has 0 unspecified atom stereocenters. The quantitative estimate of drug-likeness (QED) is 0.438. The predicted molar refractivity (Wildman–Crippen MR) is 67.8 cm³/mol. The Morgan fingerprint density at radius 1 is 1.05 bits per heavy atom. The largest absolute Gasteiger partial charge is 0.480 e. The molecule has 0 saturated carbocycles. The number of carbonyl (C=O) groups is 4. The van der Waals surface area contributed by atoms with Gasteiger partial charge in [-0.2, -0.15) is 0 Å². The molecule has 0 aromatic carbocycles. The summed E-state index contributed by atoms with van der Waals surface area (Å²) in [5.74, 6) is -2.10. The number of hydrogen-bond acceptors (Lipinski definition) is 5. The molecule has 0 aliphatic rings. The average molecular weight is 289 g/mol. The summed E-state index contributed by atoms with van der Waals surface area (Å²) in [5.41, 5.74) is 0. The van der Waals surface area contributed by atoms with Crippen LogP contribution in [0.1, 0.15) is 13.8 Å². The van der Waals surface area contributed by atoms with Crippen molar-refractivity contribution in [3.8, 4) is 0 Å². The highest BCUT2D eigenvalue weighted by Gasteiger charge is 2.10. The van der Waals surface area contributed by atoms with Gasteiger partial charge in [-0.15, -0.1) is 0 Å². The third-order valence-corrected chi connectivity index (χ3v) is 1.83. The zero-order chi connectivity index (χ0) is 15.5. The van der Waals surface area contributed by atoms with Gasteiger partial charge in [0, 0.05) is 6.54 Å². The lowest BCUT2D eigenvalue weighted by Gasteiger charge is -2.09. The van der Waals surface area contributed by atoms with Crippen LogP contribution in [0, 0.1) is 5.92 Å². The van der Waals surface area contributed by atoms with Gasteiger partial charge in [-0.3, -0.25) is 14.9 Å². The number of hydrogen-bond donors (Lipinski definition) is 4. The molecular weight excluding hydrogens is 270 g/mol. The van der Waals surface area contributed by atoms with Crippen molar-refractivity contribution in [3.63, 3.8) is 0 Å². The van der Waals surface area contributed by atoms with Crippen LogP contribution < -0.4 is 16.0 Å². The molecule has 4 amide bonds. The number of nitrogens with one attached hydrogen (secondary N) is 3. The van der Waals surface area contributed by atoms with Crippen LogP contribution in [0.4, 0.5) is 4.79 Å². The molecule has 20 heavy (non-hydrogen) atoms. The van der Waals surface area contributed by atoms with E-state index in [2.05, 4.69) is 15.4 Å². The molecule has 0 bridgehead atoms. The first kappa shape index (κ1) is 17.8. The Kier molecular flexibility index (Phi) is 8.68. The molecular formula is C11H19N3O6. The maximum absolute atomic E-state index is 11.3. The molecule has 0 saturated heterocycles. The first-order valence-electron chi connectivity index (χ1n) is 5.95. The summed E-state index contributed by atoms with van der Waals surface area (Å²) < 4.78 is 4.48. The first-order chi connectivity index (χ1) is 9.31. The molecule has 0 aromatic heterocycles. The van der Waals surface area contributed by atoms with Crippen molar-refractivity contribution in [1.29, 1.82) is 0 Å². The van der Waals surface area contributed by atoms with Gasteiger partial charge in [-0.1, -0.05) is 13.8 Å². The van der Waals surface area contributed by atoms with E-state index in [9.17, 15) is 19.2 Å². The van der Waals surface area contributed by atoms with Crippen molar-refractivity contribution in [2.75, 3.05) is 26.3 Å². The average Bonchev–Trinajstić information content (AvgIpc) is 2.33. The van der Waals surface area contributed by atoms with E-state index in [1.807, 2.05) is 19.2 Å². The van der Waals surface area contributed by atoms with Gasteiger partial charge >= 0.3 is 12.0 Å². The lowest BCUT2D eigenvalue weighted by Crippen LogP contribution is -2.45. The molecule has 0 fully saturated rings. The summed E-state index contributed by atoms with van der Waals surface area (Å²) in [6.07, 6.45) is 0. The number of aliphatic carboxylic acids is 1. The Labute approximate surface area is 116 Å². The van der Waals surface area contributed by atoms with Crippen molar-refractivity contribution in [1.82, 2.24) is 16.0 Å². The van der Waals surface area contributed by atoms with Crippen LogP contribution >= 0.6 is 0 Å². The Morgan fingerprint density at radius 2 is 1.70 bits per heavy atom. The highest BCUT2D eigenvalue weighted by molar-refractivity contribution is 5.96. The van der Waals surface area contributed by atoms with Gasteiger partial charge in [0.1, 0.15) is 13.2 Å². The SMILES string of the molecule is CC(C)CNC(=O)CNC(=O)NC(=O)COCC(=O)O. The van der Waals surface area contributed by atoms with Crippen LogP contribution in [0.2, 0.25) is 0 Å². The Hall–Kier alpha value is -2.16. The van der Waals surface area contributed by atoms with E-state index in [0.717, 1.165) is 0 Å². The number of carbonyl (C=O) groups excluding carboxylic acids is 3. The Balaban J connectivity index is 3.74. The first-order valence-corrected chi connectivity index (χ1v) is 5.95. The summed E-state index contributed by atoms with van der Waals surface area (Å²) in [6, 6.07) is -0.853. The van der Waals surface area contributed by atoms with E-state index in [4.69, 9.17) is 5.11 Å². The van der Waals surface area contributed by atoms with Gasteiger partial charge in [0.05, 0.1) is 6.54 Å².